The molecule has 0 heterocycles. The van der Waals surface area contributed by atoms with Gasteiger partial charge in [-0.1, -0.05) is 25.4 Å². The predicted molar refractivity (Wildman–Crippen MR) is 66.1 cm³/mol. The number of aliphatic hydroxyl groups excluding tert-OH is 1. The highest BCUT2D eigenvalue weighted by Crippen LogP contribution is 2.15. The van der Waals surface area contributed by atoms with Gasteiger partial charge < -0.3 is 27.6 Å². The number of hydrogen-bond acceptors (Lipinski definition) is 3. The third-order valence-corrected chi connectivity index (χ3v) is 2.27. The summed E-state index contributed by atoms with van der Waals surface area (Å²) >= 11 is 5.74. The second kappa shape index (κ2) is 8.59. The van der Waals surface area contributed by atoms with Gasteiger partial charge in [-0.25, -0.2) is 0 Å². The zero-order valence-electron chi connectivity index (χ0n) is 9.99. The molecule has 5 heteroatoms. The van der Waals surface area contributed by atoms with Gasteiger partial charge in [-0.3, -0.25) is 0 Å². The van der Waals surface area contributed by atoms with Crippen LogP contribution in [0.4, 0.5) is 0 Å². The van der Waals surface area contributed by atoms with Crippen molar-refractivity contribution in [3.05, 3.63) is 29.3 Å². The lowest BCUT2D eigenvalue weighted by molar-refractivity contribution is -0.00000517. The third-order valence-electron chi connectivity index (χ3n) is 2.02. The van der Waals surface area contributed by atoms with Crippen LogP contribution in [0.1, 0.15) is 13.8 Å². The average Bonchev–Trinajstić information content (AvgIpc) is 2.25. The van der Waals surface area contributed by atoms with E-state index in [2.05, 4.69) is 5.32 Å². The Balaban J connectivity index is 0.00000256. The van der Waals surface area contributed by atoms with Gasteiger partial charge in [0, 0.05) is 17.6 Å². The van der Waals surface area contributed by atoms with Crippen molar-refractivity contribution in [3.63, 3.8) is 0 Å². The van der Waals surface area contributed by atoms with Crippen LogP contribution in [0.2, 0.25) is 5.02 Å². The molecule has 0 aliphatic rings. The molecule has 98 valence electrons. The lowest BCUT2D eigenvalue weighted by Gasteiger charge is -2.14. The number of ether oxygens (including phenoxy) is 1. The quantitative estimate of drug-likeness (QED) is 0.708. The first-order valence-electron chi connectivity index (χ1n) is 5.37. The topological polar surface area (TPSA) is 41.5 Å². The second-order valence-electron chi connectivity index (χ2n) is 3.98. The number of halogens is 2. The molecule has 2 N–H and O–H groups in total. The van der Waals surface area contributed by atoms with Crippen molar-refractivity contribution in [1.82, 2.24) is 5.32 Å². The molecule has 0 fully saturated rings. The van der Waals surface area contributed by atoms with Crippen LogP contribution in [0, 0.1) is 0 Å². The number of hydrogen-bond donors (Lipinski definition) is 2. The molecule has 0 aliphatic heterocycles. The summed E-state index contributed by atoms with van der Waals surface area (Å²) in [5, 5.41) is 13.4. The van der Waals surface area contributed by atoms with E-state index in [1.54, 1.807) is 24.3 Å². The summed E-state index contributed by atoms with van der Waals surface area (Å²) in [6, 6.07) is 7.45. The maximum absolute atomic E-state index is 9.60. The van der Waals surface area contributed by atoms with Gasteiger partial charge in [0.25, 0.3) is 0 Å². The predicted octanol–water partition coefficient (Wildman–Crippen LogP) is -0.918. The fourth-order valence-corrected chi connectivity index (χ4v) is 1.28. The van der Waals surface area contributed by atoms with Crippen LogP contribution in [-0.4, -0.2) is 30.4 Å². The van der Waals surface area contributed by atoms with Crippen LogP contribution in [-0.2, 0) is 0 Å². The second-order valence-corrected chi connectivity index (χ2v) is 4.42. The Kier molecular flexibility index (Phi) is 8.35. The summed E-state index contributed by atoms with van der Waals surface area (Å²) in [5.41, 5.74) is 0. The van der Waals surface area contributed by atoms with E-state index in [0.717, 1.165) is 0 Å². The summed E-state index contributed by atoms with van der Waals surface area (Å²) in [7, 11) is 0. The summed E-state index contributed by atoms with van der Waals surface area (Å²) in [5.74, 6) is 0.716. The number of rotatable bonds is 6. The van der Waals surface area contributed by atoms with E-state index in [9.17, 15) is 5.11 Å². The minimum absolute atomic E-state index is 0. The molecule has 3 nitrogen and oxygen atoms in total. The summed E-state index contributed by atoms with van der Waals surface area (Å²) in [4.78, 5) is 0. The van der Waals surface area contributed by atoms with E-state index in [1.807, 2.05) is 13.8 Å². The Bertz CT molecular complexity index is 304. The van der Waals surface area contributed by atoms with Crippen LogP contribution in [0.25, 0.3) is 0 Å². The lowest BCUT2D eigenvalue weighted by Crippen LogP contribution is -3.00. The molecule has 0 saturated heterocycles. The van der Waals surface area contributed by atoms with Crippen molar-refractivity contribution in [2.75, 3.05) is 13.2 Å². The van der Waals surface area contributed by atoms with Crippen LogP contribution < -0.4 is 22.5 Å². The smallest absolute Gasteiger partial charge is 0.119 e. The molecule has 0 aromatic heterocycles. The van der Waals surface area contributed by atoms with Gasteiger partial charge in [-0.05, 0) is 24.3 Å². The van der Waals surface area contributed by atoms with E-state index < -0.39 is 6.10 Å². The SMILES string of the molecule is CC(C)NCC(O)COc1ccc(Cl)cc1.[Cl-]. The number of nitrogens with one attached hydrogen (secondary N) is 1. The van der Waals surface area contributed by atoms with Crippen molar-refractivity contribution < 1.29 is 22.3 Å². The highest BCUT2D eigenvalue weighted by molar-refractivity contribution is 6.30. The maximum atomic E-state index is 9.60. The molecule has 1 aromatic rings. The van der Waals surface area contributed by atoms with Crippen molar-refractivity contribution in [2.24, 2.45) is 0 Å². The molecule has 0 spiro atoms. The molecule has 1 unspecified atom stereocenters. The van der Waals surface area contributed by atoms with Crippen molar-refractivity contribution in [2.45, 2.75) is 26.0 Å². The monoisotopic (exact) mass is 278 g/mol. The minimum atomic E-state index is -0.502. The van der Waals surface area contributed by atoms with Crippen LogP contribution in [0.3, 0.4) is 0 Å². The highest BCUT2D eigenvalue weighted by atomic mass is 35.5. The Morgan fingerprint density at radius 2 is 1.88 bits per heavy atom. The fourth-order valence-electron chi connectivity index (χ4n) is 1.15. The first kappa shape index (κ1) is 16.5. The van der Waals surface area contributed by atoms with Crippen LogP contribution in [0.5, 0.6) is 5.75 Å². The highest BCUT2D eigenvalue weighted by Gasteiger charge is 2.05. The molecule has 0 bridgehead atoms. The number of benzene rings is 1. The normalized spacial score (nSPS) is 12.1. The average molecular weight is 279 g/mol. The summed E-state index contributed by atoms with van der Waals surface area (Å²) in [6.07, 6.45) is -0.502. The minimum Gasteiger partial charge on any atom is -1.00 e. The van der Waals surface area contributed by atoms with Gasteiger partial charge in [0.15, 0.2) is 0 Å². The molecule has 1 rings (SSSR count). The van der Waals surface area contributed by atoms with E-state index in [0.29, 0.717) is 23.4 Å². The van der Waals surface area contributed by atoms with E-state index >= 15 is 0 Å². The van der Waals surface area contributed by atoms with Gasteiger partial charge in [0.05, 0.1) is 0 Å². The molecule has 17 heavy (non-hydrogen) atoms. The first-order valence-corrected chi connectivity index (χ1v) is 5.75. The van der Waals surface area contributed by atoms with Crippen molar-refractivity contribution in [1.29, 1.82) is 0 Å². The van der Waals surface area contributed by atoms with E-state index in [4.69, 9.17) is 16.3 Å². The lowest BCUT2D eigenvalue weighted by atomic mass is 10.3. The zero-order chi connectivity index (χ0) is 12.0. The van der Waals surface area contributed by atoms with Gasteiger partial charge in [-0.15, -0.1) is 0 Å². The maximum Gasteiger partial charge on any atom is 0.119 e. The van der Waals surface area contributed by atoms with Crippen LogP contribution >= 0.6 is 11.6 Å². The Morgan fingerprint density at radius 3 is 2.41 bits per heavy atom. The van der Waals surface area contributed by atoms with Crippen molar-refractivity contribution >= 4 is 11.6 Å². The molecule has 0 amide bonds. The molecular formula is C12H18Cl2NO2-. The zero-order valence-corrected chi connectivity index (χ0v) is 11.5. The molecular weight excluding hydrogens is 261 g/mol. The van der Waals surface area contributed by atoms with Crippen LogP contribution in [0.15, 0.2) is 24.3 Å². The van der Waals surface area contributed by atoms with Crippen molar-refractivity contribution in [3.8, 4) is 5.75 Å². The molecule has 0 radical (unpaired) electrons. The summed E-state index contributed by atoms with van der Waals surface area (Å²) in [6.45, 7) is 4.88. The van der Waals surface area contributed by atoms with E-state index in [1.165, 1.54) is 0 Å². The molecule has 0 saturated carbocycles. The molecule has 1 atom stereocenters. The standard InChI is InChI=1S/C12H18ClNO2.ClH/c1-9(2)14-7-11(15)8-16-12-5-3-10(13)4-6-12;/h3-6,9,11,14-15H,7-8H2,1-2H3;1H/p-1. The van der Waals surface area contributed by atoms with Gasteiger partial charge in [0.2, 0.25) is 0 Å². The summed E-state index contributed by atoms with van der Waals surface area (Å²) < 4.78 is 5.41. The van der Waals surface area contributed by atoms with Gasteiger partial charge in [0.1, 0.15) is 18.5 Å². The third kappa shape index (κ3) is 7.45. The molecule has 0 aliphatic carbocycles. The Morgan fingerprint density at radius 1 is 1.29 bits per heavy atom. The van der Waals surface area contributed by atoms with Gasteiger partial charge >= 0.3 is 0 Å². The van der Waals surface area contributed by atoms with Gasteiger partial charge in [-0.2, -0.15) is 0 Å². The molecule has 1 aromatic carbocycles. The first-order chi connectivity index (χ1) is 7.58. The van der Waals surface area contributed by atoms with E-state index in [-0.39, 0.29) is 19.0 Å². The number of aliphatic hydroxyl groups is 1. The Labute approximate surface area is 114 Å². The Hall–Kier alpha value is -0.480. The fraction of sp³-hybridized carbons (Fsp3) is 0.500. The largest absolute Gasteiger partial charge is 1.00 e.